The monoisotopic (exact) mass is 270 g/mol. The predicted octanol–water partition coefficient (Wildman–Crippen LogP) is 5.19. The van der Waals surface area contributed by atoms with E-state index in [1.165, 1.54) is 16.0 Å². The molecule has 2 nitrogen and oxygen atoms in total. The molecule has 3 aromatic rings. The number of aromatic nitrogens is 2. The summed E-state index contributed by atoms with van der Waals surface area (Å²) in [6.07, 6.45) is 2.12. The fraction of sp³-hybridized carbons (Fsp3) is 0.0625. The number of hydrogen-bond donors (Lipinski definition) is 1. The van der Waals surface area contributed by atoms with Crippen molar-refractivity contribution in [1.82, 2.24) is 10.2 Å². The lowest BCUT2D eigenvalue weighted by atomic mass is 10.1. The lowest BCUT2D eigenvalue weighted by Gasteiger charge is -1.99. The summed E-state index contributed by atoms with van der Waals surface area (Å²) in [6.45, 7) is 2.11. The van der Waals surface area contributed by atoms with Crippen molar-refractivity contribution in [2.45, 2.75) is 6.92 Å². The fourth-order valence-corrected chi connectivity index (χ4v) is 2.66. The van der Waals surface area contributed by atoms with E-state index in [-0.39, 0.29) is 2.85 Å². The summed E-state index contributed by atoms with van der Waals surface area (Å²) >= 11 is 1.70. The van der Waals surface area contributed by atoms with Crippen molar-refractivity contribution >= 4 is 23.0 Å². The van der Waals surface area contributed by atoms with Crippen molar-refractivity contribution in [2.24, 2.45) is 0 Å². The third-order valence-corrected chi connectivity index (χ3v) is 3.86. The van der Waals surface area contributed by atoms with Gasteiger partial charge in [0.05, 0.1) is 10.6 Å². The normalized spacial score (nSPS) is 11.7. The number of H-pyrrole nitrogens is 1. The second-order valence-electron chi connectivity index (χ2n) is 4.38. The second-order valence-corrected chi connectivity index (χ2v) is 5.33. The first-order valence-corrected chi connectivity index (χ1v) is 7.04. The fourth-order valence-electron chi connectivity index (χ4n) is 1.98. The molecule has 0 fully saturated rings. The van der Waals surface area contributed by atoms with Gasteiger partial charge in [-0.3, -0.25) is 5.10 Å². The number of thiophene rings is 1. The van der Waals surface area contributed by atoms with Gasteiger partial charge in [-0.25, -0.2) is 0 Å². The number of aromatic amines is 1. The Labute approximate surface area is 119 Å². The van der Waals surface area contributed by atoms with Gasteiger partial charge < -0.3 is 0 Å². The van der Waals surface area contributed by atoms with Gasteiger partial charge in [-0.2, -0.15) is 5.10 Å². The van der Waals surface area contributed by atoms with Gasteiger partial charge in [0.15, 0.2) is 0 Å². The van der Waals surface area contributed by atoms with E-state index in [4.69, 9.17) is 0 Å². The first-order chi connectivity index (χ1) is 9.33. The lowest BCUT2D eigenvalue weighted by molar-refractivity contribution is 1.09. The highest BCUT2D eigenvalue weighted by atomic mass is 32.1. The van der Waals surface area contributed by atoms with E-state index in [9.17, 15) is 0 Å². The Bertz CT molecular complexity index is 688. The van der Waals surface area contributed by atoms with Crippen molar-refractivity contribution in [3.63, 3.8) is 0 Å². The van der Waals surface area contributed by atoms with Gasteiger partial charge in [0, 0.05) is 2.85 Å². The SMILES string of the molecule is C/C(=C/c1cc(-c2cccs2)n[nH]1)c1ccccc1.[HH].[HH]. The molecule has 2 heterocycles. The largest absolute Gasteiger partial charge is 0.278 e. The Kier molecular flexibility index (Phi) is 3.29. The molecule has 2 aromatic heterocycles. The summed E-state index contributed by atoms with van der Waals surface area (Å²) in [7, 11) is 0. The van der Waals surface area contributed by atoms with E-state index in [2.05, 4.69) is 65.0 Å². The van der Waals surface area contributed by atoms with Crippen molar-refractivity contribution in [1.29, 1.82) is 0 Å². The quantitative estimate of drug-likeness (QED) is 0.697. The Morgan fingerprint density at radius 2 is 2.05 bits per heavy atom. The number of allylic oxidation sites excluding steroid dienone is 1. The zero-order valence-corrected chi connectivity index (χ0v) is 11.4. The van der Waals surface area contributed by atoms with Crippen LogP contribution in [0.3, 0.4) is 0 Å². The summed E-state index contributed by atoms with van der Waals surface area (Å²) < 4.78 is 0. The maximum Gasteiger partial charge on any atom is 0.103 e. The van der Waals surface area contributed by atoms with E-state index in [1.807, 2.05) is 12.1 Å². The molecule has 0 bridgehead atoms. The zero-order valence-electron chi connectivity index (χ0n) is 10.6. The molecule has 0 saturated heterocycles. The van der Waals surface area contributed by atoms with Crippen LogP contribution in [0.25, 0.3) is 22.2 Å². The van der Waals surface area contributed by atoms with Crippen LogP contribution < -0.4 is 0 Å². The molecule has 3 rings (SSSR count). The van der Waals surface area contributed by atoms with Crippen LogP contribution in [0.1, 0.15) is 21.0 Å². The van der Waals surface area contributed by atoms with E-state index in [0.29, 0.717) is 0 Å². The number of benzene rings is 1. The molecule has 19 heavy (non-hydrogen) atoms. The van der Waals surface area contributed by atoms with E-state index in [0.717, 1.165) is 11.4 Å². The van der Waals surface area contributed by atoms with Crippen molar-refractivity contribution in [2.75, 3.05) is 0 Å². The van der Waals surface area contributed by atoms with Gasteiger partial charge in [-0.15, -0.1) is 11.3 Å². The van der Waals surface area contributed by atoms with Crippen LogP contribution in [-0.4, -0.2) is 10.2 Å². The van der Waals surface area contributed by atoms with E-state index >= 15 is 0 Å². The number of nitrogens with one attached hydrogen (secondary N) is 1. The smallest absolute Gasteiger partial charge is 0.103 e. The average molecular weight is 270 g/mol. The Morgan fingerprint density at radius 1 is 1.21 bits per heavy atom. The predicted molar refractivity (Wildman–Crippen MR) is 86.1 cm³/mol. The maximum atomic E-state index is 4.35. The van der Waals surface area contributed by atoms with Crippen LogP contribution in [-0.2, 0) is 0 Å². The summed E-state index contributed by atoms with van der Waals surface area (Å²) in [6, 6.07) is 16.6. The van der Waals surface area contributed by atoms with Gasteiger partial charge in [0.2, 0.25) is 0 Å². The van der Waals surface area contributed by atoms with Crippen LogP contribution >= 0.6 is 11.3 Å². The highest BCUT2D eigenvalue weighted by Gasteiger charge is 2.03. The van der Waals surface area contributed by atoms with Crippen LogP contribution in [0.4, 0.5) is 0 Å². The van der Waals surface area contributed by atoms with E-state index < -0.39 is 0 Å². The van der Waals surface area contributed by atoms with Crippen LogP contribution in [0, 0.1) is 0 Å². The average Bonchev–Trinajstić information content (AvgIpc) is 3.10. The maximum absolute atomic E-state index is 4.35. The summed E-state index contributed by atoms with van der Waals surface area (Å²) in [5.74, 6) is 0. The molecular weight excluding hydrogens is 252 g/mol. The van der Waals surface area contributed by atoms with Crippen molar-refractivity contribution in [3.8, 4) is 10.6 Å². The first kappa shape index (κ1) is 11.9. The standard InChI is InChI=1S/C16H14N2S.2H2/c1-12(13-6-3-2-4-7-13)10-14-11-15(18-17-14)16-8-5-9-19-16;;/h2-11H,1H3,(H,17,18);2*1H/b12-10-;;. The van der Waals surface area contributed by atoms with Crippen molar-refractivity contribution < 1.29 is 2.85 Å². The highest BCUT2D eigenvalue weighted by Crippen LogP contribution is 2.24. The molecule has 0 spiro atoms. The van der Waals surface area contributed by atoms with Gasteiger partial charge >= 0.3 is 0 Å². The molecule has 3 heteroatoms. The summed E-state index contributed by atoms with van der Waals surface area (Å²) in [5, 5.41) is 9.49. The minimum Gasteiger partial charge on any atom is -0.278 e. The third-order valence-electron chi connectivity index (χ3n) is 2.97. The number of nitrogens with zero attached hydrogens (tertiary/aromatic N) is 1. The summed E-state index contributed by atoms with van der Waals surface area (Å²) in [5.41, 5.74) is 4.49. The van der Waals surface area contributed by atoms with Gasteiger partial charge in [-0.1, -0.05) is 36.4 Å². The zero-order chi connectivity index (χ0) is 13.1. The molecule has 0 amide bonds. The third kappa shape index (κ3) is 2.66. The Balaban J connectivity index is 0.00000110. The molecule has 0 atom stereocenters. The first-order valence-electron chi connectivity index (χ1n) is 6.16. The van der Waals surface area contributed by atoms with Gasteiger partial charge in [0.1, 0.15) is 5.69 Å². The molecule has 0 aliphatic rings. The topological polar surface area (TPSA) is 28.7 Å². The molecule has 0 radical (unpaired) electrons. The summed E-state index contributed by atoms with van der Waals surface area (Å²) in [4.78, 5) is 1.19. The van der Waals surface area contributed by atoms with Crippen LogP contribution in [0.5, 0.6) is 0 Å². The molecular formula is C16H18N2S. The van der Waals surface area contributed by atoms with Crippen LogP contribution in [0.2, 0.25) is 0 Å². The molecule has 0 aliphatic heterocycles. The number of hydrogen-bond acceptors (Lipinski definition) is 2. The number of rotatable bonds is 3. The molecule has 1 aromatic carbocycles. The minimum atomic E-state index is 0. The highest BCUT2D eigenvalue weighted by molar-refractivity contribution is 7.13. The van der Waals surface area contributed by atoms with E-state index in [1.54, 1.807) is 11.3 Å². The molecule has 0 saturated carbocycles. The van der Waals surface area contributed by atoms with Crippen LogP contribution in [0.15, 0.2) is 53.9 Å². The lowest BCUT2D eigenvalue weighted by Crippen LogP contribution is -1.79. The second kappa shape index (κ2) is 5.24. The molecule has 1 N–H and O–H groups in total. The minimum absolute atomic E-state index is 0. The Hall–Kier alpha value is -2.13. The Morgan fingerprint density at radius 3 is 2.79 bits per heavy atom. The molecule has 98 valence electrons. The molecule has 0 unspecified atom stereocenters. The van der Waals surface area contributed by atoms with Crippen molar-refractivity contribution in [3.05, 3.63) is 65.2 Å². The molecule has 0 aliphatic carbocycles. The van der Waals surface area contributed by atoms with Gasteiger partial charge in [-0.05, 0) is 41.6 Å². The van der Waals surface area contributed by atoms with Gasteiger partial charge in [0.25, 0.3) is 0 Å².